The van der Waals surface area contributed by atoms with Crippen molar-refractivity contribution in [2.24, 2.45) is 0 Å². The van der Waals surface area contributed by atoms with E-state index in [2.05, 4.69) is 5.32 Å². The summed E-state index contributed by atoms with van der Waals surface area (Å²) in [4.78, 5) is 13.2. The Balaban J connectivity index is 1.91. The lowest BCUT2D eigenvalue weighted by molar-refractivity contribution is -0.128. The average Bonchev–Trinajstić information content (AvgIpc) is 2.86. The molecule has 1 aromatic rings. The quantitative estimate of drug-likeness (QED) is 0.777. The van der Waals surface area contributed by atoms with E-state index in [-0.39, 0.29) is 23.5 Å². The van der Waals surface area contributed by atoms with E-state index in [4.69, 9.17) is 23.2 Å². The molecule has 0 aromatic heterocycles. The van der Waals surface area contributed by atoms with Crippen LogP contribution < -0.4 is 5.32 Å². The molecule has 0 spiro atoms. The van der Waals surface area contributed by atoms with Gasteiger partial charge in [-0.25, -0.2) is 4.39 Å². The normalized spacial score (nSPS) is 17.9. The zero-order valence-electron chi connectivity index (χ0n) is 12.3. The Hall–Kier alpha value is -0.880. The van der Waals surface area contributed by atoms with Crippen LogP contribution in [0.15, 0.2) is 12.1 Å². The molecule has 4 nitrogen and oxygen atoms in total. The first-order valence-corrected chi connectivity index (χ1v) is 7.98. The predicted octanol–water partition coefficient (Wildman–Crippen LogP) is 2.77. The Labute approximate surface area is 139 Å². The minimum Gasteiger partial charge on any atom is -0.390 e. The van der Waals surface area contributed by atoms with Gasteiger partial charge in [0, 0.05) is 42.7 Å². The molecule has 22 heavy (non-hydrogen) atoms. The van der Waals surface area contributed by atoms with E-state index in [0.717, 1.165) is 6.42 Å². The van der Waals surface area contributed by atoms with E-state index >= 15 is 0 Å². The predicted molar refractivity (Wildman–Crippen MR) is 84.7 cm³/mol. The molecule has 1 amide bonds. The van der Waals surface area contributed by atoms with Crippen LogP contribution in [0.5, 0.6) is 0 Å². The van der Waals surface area contributed by atoms with Crippen molar-refractivity contribution in [1.82, 2.24) is 10.2 Å². The maximum atomic E-state index is 13.5. The van der Waals surface area contributed by atoms with E-state index in [0.29, 0.717) is 30.1 Å². The third kappa shape index (κ3) is 4.10. The van der Waals surface area contributed by atoms with Crippen molar-refractivity contribution < 1.29 is 14.3 Å². The number of benzene rings is 1. The monoisotopic (exact) mass is 348 g/mol. The fourth-order valence-corrected chi connectivity index (χ4v) is 3.27. The Kier molecular flexibility index (Phi) is 6.03. The molecule has 122 valence electrons. The first-order valence-electron chi connectivity index (χ1n) is 7.22. The maximum absolute atomic E-state index is 13.5. The number of hydrogen-bond acceptors (Lipinski definition) is 3. The average molecular weight is 349 g/mol. The van der Waals surface area contributed by atoms with Crippen molar-refractivity contribution >= 4 is 29.1 Å². The molecule has 2 N–H and O–H groups in total. The zero-order valence-corrected chi connectivity index (χ0v) is 13.8. The number of aliphatic hydroxyl groups excluding tert-OH is 1. The second kappa shape index (κ2) is 7.59. The Morgan fingerprint density at radius 1 is 1.45 bits per heavy atom. The Bertz CT molecular complexity index is 557. The third-order valence-electron chi connectivity index (χ3n) is 3.77. The number of nitrogens with one attached hydrogen (secondary N) is 1. The summed E-state index contributed by atoms with van der Waals surface area (Å²) in [5, 5.41) is 13.4. The van der Waals surface area contributed by atoms with E-state index in [1.165, 1.54) is 12.1 Å². The van der Waals surface area contributed by atoms with Crippen LogP contribution >= 0.6 is 23.2 Å². The molecule has 1 fully saturated rings. The number of rotatable bonds is 6. The molecule has 1 aromatic carbocycles. The summed E-state index contributed by atoms with van der Waals surface area (Å²) in [5.41, 5.74) is 0.466. The molecule has 0 radical (unpaired) electrons. The number of hydrogen-bond donors (Lipinski definition) is 2. The summed E-state index contributed by atoms with van der Waals surface area (Å²) in [6.07, 6.45) is 0.685. The van der Waals surface area contributed by atoms with Gasteiger partial charge in [0.05, 0.1) is 11.1 Å². The van der Waals surface area contributed by atoms with Crippen molar-refractivity contribution in [2.75, 3.05) is 19.6 Å². The molecule has 1 aliphatic rings. The second-order valence-corrected chi connectivity index (χ2v) is 6.27. The fraction of sp³-hybridized carbons (Fsp3) is 0.533. The van der Waals surface area contributed by atoms with Gasteiger partial charge in [-0.15, -0.1) is 0 Å². The molecule has 2 unspecified atom stereocenters. The summed E-state index contributed by atoms with van der Waals surface area (Å²) in [5.74, 6) is -0.457. The van der Waals surface area contributed by atoms with Gasteiger partial charge in [-0.2, -0.15) is 0 Å². The van der Waals surface area contributed by atoms with Crippen LogP contribution in [0.4, 0.5) is 4.39 Å². The zero-order chi connectivity index (χ0) is 16.3. The highest BCUT2D eigenvalue weighted by molar-refractivity contribution is 6.36. The highest BCUT2D eigenvalue weighted by atomic mass is 35.5. The number of carbonyl (C=O) groups excluding carboxylic acids is 1. The number of halogens is 3. The van der Waals surface area contributed by atoms with Crippen LogP contribution in [-0.2, 0) is 4.79 Å². The lowest BCUT2D eigenvalue weighted by atomic mass is 10.1. The number of amides is 1. The second-order valence-electron chi connectivity index (χ2n) is 5.48. The van der Waals surface area contributed by atoms with E-state index in [1.54, 1.807) is 11.8 Å². The molecule has 1 saturated heterocycles. The largest absolute Gasteiger partial charge is 0.390 e. The van der Waals surface area contributed by atoms with Crippen molar-refractivity contribution in [2.45, 2.75) is 31.9 Å². The standard InChI is InChI=1S/C15H19Cl2FN2O2/c1-9(14-11(16)4-5-12(18)15(14)17)19-7-10(21)8-20-6-2-3-13(20)22/h4-5,9-10,19,21H,2-3,6-8H2,1H3. The van der Waals surface area contributed by atoms with Gasteiger partial charge in [0.15, 0.2) is 0 Å². The molecule has 2 atom stereocenters. The smallest absolute Gasteiger partial charge is 0.222 e. The molecular weight excluding hydrogens is 330 g/mol. The number of β-amino-alcohol motifs (C(OH)–C–C–N with tert-alkyl or cyclic N) is 1. The van der Waals surface area contributed by atoms with Gasteiger partial charge >= 0.3 is 0 Å². The van der Waals surface area contributed by atoms with Crippen LogP contribution in [0.25, 0.3) is 0 Å². The van der Waals surface area contributed by atoms with Gasteiger partial charge in [0.25, 0.3) is 0 Å². The number of aliphatic hydroxyl groups is 1. The van der Waals surface area contributed by atoms with Crippen LogP contribution in [-0.4, -0.2) is 41.7 Å². The van der Waals surface area contributed by atoms with Crippen molar-refractivity contribution in [3.8, 4) is 0 Å². The molecule has 1 heterocycles. The molecule has 2 rings (SSSR count). The number of nitrogens with zero attached hydrogens (tertiary/aromatic N) is 1. The van der Waals surface area contributed by atoms with E-state index < -0.39 is 11.9 Å². The highest BCUT2D eigenvalue weighted by Crippen LogP contribution is 2.32. The Morgan fingerprint density at radius 3 is 2.82 bits per heavy atom. The molecule has 7 heteroatoms. The molecule has 1 aliphatic heterocycles. The number of likely N-dealkylation sites (tertiary alicyclic amines) is 1. The van der Waals surface area contributed by atoms with Crippen molar-refractivity contribution in [1.29, 1.82) is 0 Å². The summed E-state index contributed by atoms with van der Waals surface area (Å²) in [6.45, 7) is 3.03. The first-order chi connectivity index (χ1) is 10.4. The van der Waals surface area contributed by atoms with E-state index in [1.807, 2.05) is 0 Å². The van der Waals surface area contributed by atoms with Crippen molar-refractivity contribution in [3.05, 3.63) is 33.6 Å². The van der Waals surface area contributed by atoms with Crippen molar-refractivity contribution in [3.63, 3.8) is 0 Å². The molecule has 0 saturated carbocycles. The molecular formula is C15H19Cl2FN2O2. The Morgan fingerprint density at radius 2 is 2.18 bits per heavy atom. The summed E-state index contributed by atoms with van der Waals surface area (Å²) >= 11 is 12.0. The minimum absolute atomic E-state index is 0.0169. The summed E-state index contributed by atoms with van der Waals surface area (Å²) in [6, 6.07) is 2.35. The first kappa shape index (κ1) is 17.5. The van der Waals surface area contributed by atoms with Crippen LogP contribution in [0.1, 0.15) is 31.4 Å². The van der Waals surface area contributed by atoms with Crippen LogP contribution in [0, 0.1) is 5.82 Å². The SMILES string of the molecule is CC(NCC(O)CN1CCCC1=O)c1c(Cl)ccc(F)c1Cl. The van der Waals surface area contributed by atoms with Crippen LogP contribution in [0.2, 0.25) is 10.0 Å². The van der Waals surface area contributed by atoms with Gasteiger partial charge in [0.1, 0.15) is 5.82 Å². The van der Waals surface area contributed by atoms with Gasteiger partial charge in [-0.05, 0) is 25.5 Å². The summed E-state index contributed by atoms with van der Waals surface area (Å²) < 4.78 is 13.5. The van der Waals surface area contributed by atoms with E-state index in [9.17, 15) is 14.3 Å². The molecule has 0 aliphatic carbocycles. The minimum atomic E-state index is -0.699. The van der Waals surface area contributed by atoms with Gasteiger partial charge in [0.2, 0.25) is 5.91 Å². The maximum Gasteiger partial charge on any atom is 0.222 e. The molecule has 0 bridgehead atoms. The lowest BCUT2D eigenvalue weighted by Crippen LogP contribution is -2.39. The van der Waals surface area contributed by atoms with Crippen LogP contribution in [0.3, 0.4) is 0 Å². The third-order valence-corrected chi connectivity index (χ3v) is 4.49. The van der Waals surface area contributed by atoms with Gasteiger partial charge in [-0.3, -0.25) is 4.79 Å². The number of carbonyl (C=O) groups is 1. The van der Waals surface area contributed by atoms with Gasteiger partial charge in [-0.1, -0.05) is 23.2 Å². The summed E-state index contributed by atoms with van der Waals surface area (Å²) in [7, 11) is 0. The lowest BCUT2D eigenvalue weighted by Gasteiger charge is -2.23. The fourth-order valence-electron chi connectivity index (χ4n) is 2.57. The topological polar surface area (TPSA) is 52.6 Å². The highest BCUT2D eigenvalue weighted by Gasteiger charge is 2.23. The van der Waals surface area contributed by atoms with Gasteiger partial charge < -0.3 is 15.3 Å².